The fourth-order valence-corrected chi connectivity index (χ4v) is 4.95. The summed E-state index contributed by atoms with van der Waals surface area (Å²) in [5.41, 5.74) is 4.89. The number of pyridine rings is 1. The van der Waals surface area contributed by atoms with E-state index in [4.69, 9.17) is 4.74 Å². The van der Waals surface area contributed by atoms with Gasteiger partial charge in [0.25, 0.3) is 0 Å². The fourth-order valence-electron chi connectivity index (χ4n) is 3.15. The first-order chi connectivity index (χ1) is 15.8. The van der Waals surface area contributed by atoms with Gasteiger partial charge in [0.2, 0.25) is 5.91 Å². The summed E-state index contributed by atoms with van der Waals surface area (Å²) in [6.45, 7) is 7.31. The van der Waals surface area contributed by atoms with Crippen LogP contribution >= 0.6 is 22.7 Å². The minimum atomic E-state index is -0.459. The zero-order valence-electron chi connectivity index (χ0n) is 18.7. The first kappa shape index (κ1) is 22.8. The second kappa shape index (κ2) is 9.60. The van der Waals surface area contributed by atoms with Crippen molar-refractivity contribution in [3.63, 3.8) is 0 Å². The molecular formula is C24H22N4O3S2. The quantitative estimate of drug-likeness (QED) is 0.334. The highest BCUT2D eigenvalue weighted by atomic mass is 32.1. The number of carbonyl (C=O) groups is 2. The van der Waals surface area contributed by atoms with Crippen LogP contribution in [0.15, 0.2) is 48.0 Å². The standard InChI is InChI=1S/C24H22N4O3S2/c1-14-8-9-19(11-15(14)2)28(17(4)29)24-27-18(13-32-24)12-31-23(30)21-16(3)26-22(33-21)20-7-5-6-10-25-20/h5-11,13H,12H2,1-4H3. The molecule has 7 nitrogen and oxygen atoms in total. The molecule has 3 aromatic heterocycles. The topological polar surface area (TPSA) is 85.3 Å². The molecule has 0 aliphatic carbocycles. The predicted molar refractivity (Wildman–Crippen MR) is 130 cm³/mol. The maximum Gasteiger partial charge on any atom is 0.350 e. The van der Waals surface area contributed by atoms with Crippen LogP contribution < -0.4 is 4.90 Å². The van der Waals surface area contributed by atoms with Crippen LogP contribution in [0.2, 0.25) is 0 Å². The Balaban J connectivity index is 1.47. The van der Waals surface area contributed by atoms with Gasteiger partial charge >= 0.3 is 5.97 Å². The van der Waals surface area contributed by atoms with Gasteiger partial charge in [0.05, 0.1) is 22.8 Å². The van der Waals surface area contributed by atoms with E-state index in [0.29, 0.717) is 32.1 Å². The van der Waals surface area contributed by atoms with E-state index in [0.717, 1.165) is 16.8 Å². The molecule has 0 bridgehead atoms. The Hall–Kier alpha value is -3.43. The largest absolute Gasteiger partial charge is 0.455 e. The van der Waals surface area contributed by atoms with Crippen molar-refractivity contribution in [2.45, 2.75) is 34.3 Å². The molecule has 3 heterocycles. The summed E-state index contributed by atoms with van der Waals surface area (Å²) >= 11 is 2.58. The SMILES string of the molecule is CC(=O)N(c1ccc(C)c(C)c1)c1nc(COC(=O)c2sc(-c3ccccn3)nc2C)cs1. The van der Waals surface area contributed by atoms with Gasteiger partial charge in [0.1, 0.15) is 16.5 Å². The van der Waals surface area contributed by atoms with Gasteiger partial charge in [-0.2, -0.15) is 0 Å². The number of hydrogen-bond donors (Lipinski definition) is 0. The predicted octanol–water partition coefficient (Wildman–Crippen LogP) is 5.63. The summed E-state index contributed by atoms with van der Waals surface area (Å²) in [5.74, 6) is -0.599. The molecular weight excluding hydrogens is 456 g/mol. The van der Waals surface area contributed by atoms with Gasteiger partial charge in [-0.3, -0.25) is 14.7 Å². The van der Waals surface area contributed by atoms with Crippen LogP contribution in [-0.2, 0) is 16.1 Å². The van der Waals surface area contributed by atoms with Crippen molar-refractivity contribution in [3.8, 4) is 10.7 Å². The molecule has 0 aliphatic rings. The number of aryl methyl sites for hydroxylation is 3. The molecule has 4 rings (SSSR count). The molecule has 168 valence electrons. The third-order valence-corrected chi connectivity index (χ3v) is 7.05. The number of thiazole rings is 2. The zero-order chi connectivity index (χ0) is 23.5. The number of carbonyl (C=O) groups excluding carboxylic acids is 2. The lowest BCUT2D eigenvalue weighted by Gasteiger charge is -2.19. The number of hydrogen-bond acceptors (Lipinski definition) is 8. The van der Waals surface area contributed by atoms with Gasteiger partial charge in [0.15, 0.2) is 5.13 Å². The lowest BCUT2D eigenvalue weighted by molar-refractivity contribution is -0.115. The van der Waals surface area contributed by atoms with Gasteiger partial charge in [-0.25, -0.2) is 14.8 Å². The lowest BCUT2D eigenvalue weighted by Crippen LogP contribution is -2.22. The Morgan fingerprint density at radius 2 is 1.88 bits per heavy atom. The third-order valence-electron chi connectivity index (χ3n) is 5.01. The Labute approximate surface area is 199 Å². The summed E-state index contributed by atoms with van der Waals surface area (Å²) in [4.78, 5) is 40.3. The van der Waals surface area contributed by atoms with E-state index in [2.05, 4.69) is 15.0 Å². The highest BCUT2D eigenvalue weighted by Crippen LogP contribution is 2.31. The molecule has 1 amide bonds. The molecule has 0 saturated heterocycles. The van der Waals surface area contributed by atoms with Crippen molar-refractivity contribution in [1.82, 2.24) is 15.0 Å². The average molecular weight is 479 g/mol. The van der Waals surface area contributed by atoms with Crippen LogP contribution in [-0.4, -0.2) is 26.8 Å². The molecule has 4 aromatic rings. The molecule has 9 heteroatoms. The van der Waals surface area contributed by atoms with Crippen LogP contribution in [0.4, 0.5) is 10.8 Å². The van der Waals surface area contributed by atoms with E-state index in [-0.39, 0.29) is 12.5 Å². The first-order valence-electron chi connectivity index (χ1n) is 10.2. The summed E-state index contributed by atoms with van der Waals surface area (Å²) < 4.78 is 5.49. The van der Waals surface area contributed by atoms with Crippen LogP contribution in [0.1, 0.15) is 39.1 Å². The summed E-state index contributed by atoms with van der Waals surface area (Å²) in [7, 11) is 0. The minimum absolute atomic E-state index is 0.00423. The maximum atomic E-state index is 12.7. The van der Waals surface area contributed by atoms with Crippen LogP contribution in [0.25, 0.3) is 10.7 Å². The number of rotatable bonds is 6. The smallest absolute Gasteiger partial charge is 0.350 e. The highest BCUT2D eigenvalue weighted by Gasteiger charge is 2.21. The monoisotopic (exact) mass is 478 g/mol. The van der Waals surface area contributed by atoms with Crippen molar-refractivity contribution >= 4 is 45.4 Å². The van der Waals surface area contributed by atoms with Gasteiger partial charge in [-0.05, 0) is 56.2 Å². The summed E-state index contributed by atoms with van der Waals surface area (Å²) in [5, 5.41) is 2.99. The third kappa shape index (κ3) is 4.99. The second-order valence-corrected chi connectivity index (χ2v) is 9.30. The van der Waals surface area contributed by atoms with Crippen molar-refractivity contribution in [3.05, 3.63) is 75.4 Å². The lowest BCUT2D eigenvalue weighted by atomic mass is 10.1. The van der Waals surface area contributed by atoms with E-state index in [1.165, 1.54) is 29.6 Å². The van der Waals surface area contributed by atoms with Crippen molar-refractivity contribution in [2.75, 3.05) is 4.90 Å². The maximum absolute atomic E-state index is 12.7. The molecule has 0 fully saturated rings. The number of amides is 1. The van der Waals surface area contributed by atoms with Crippen LogP contribution in [0.3, 0.4) is 0 Å². The number of ether oxygens (including phenoxy) is 1. The van der Waals surface area contributed by atoms with Crippen LogP contribution in [0.5, 0.6) is 0 Å². The van der Waals surface area contributed by atoms with E-state index in [1.807, 2.05) is 50.2 Å². The number of aromatic nitrogens is 3. The molecule has 0 radical (unpaired) electrons. The molecule has 0 N–H and O–H groups in total. The van der Waals surface area contributed by atoms with Crippen molar-refractivity contribution in [1.29, 1.82) is 0 Å². The Bertz CT molecular complexity index is 1310. The molecule has 33 heavy (non-hydrogen) atoms. The number of benzene rings is 1. The van der Waals surface area contributed by atoms with E-state index < -0.39 is 5.97 Å². The van der Waals surface area contributed by atoms with Gasteiger partial charge in [-0.15, -0.1) is 22.7 Å². The molecule has 0 spiro atoms. The minimum Gasteiger partial charge on any atom is -0.455 e. The molecule has 0 aliphatic heterocycles. The van der Waals surface area contributed by atoms with Crippen molar-refractivity contribution < 1.29 is 14.3 Å². The average Bonchev–Trinajstić information content (AvgIpc) is 3.42. The number of nitrogens with zero attached hydrogens (tertiary/aromatic N) is 4. The molecule has 0 saturated carbocycles. The zero-order valence-corrected chi connectivity index (χ0v) is 20.3. The van der Waals surface area contributed by atoms with Crippen LogP contribution in [0, 0.1) is 20.8 Å². The van der Waals surface area contributed by atoms with Gasteiger partial charge in [0, 0.05) is 18.5 Å². The Morgan fingerprint density at radius 3 is 2.58 bits per heavy atom. The van der Waals surface area contributed by atoms with Crippen molar-refractivity contribution in [2.24, 2.45) is 0 Å². The first-order valence-corrected chi connectivity index (χ1v) is 11.9. The highest BCUT2D eigenvalue weighted by molar-refractivity contribution is 7.17. The number of anilines is 2. The van der Waals surface area contributed by atoms with Gasteiger partial charge < -0.3 is 4.74 Å². The van der Waals surface area contributed by atoms with E-state index >= 15 is 0 Å². The second-order valence-electron chi connectivity index (χ2n) is 7.47. The van der Waals surface area contributed by atoms with E-state index in [9.17, 15) is 9.59 Å². The Kier molecular flexibility index (Phi) is 6.62. The molecule has 0 atom stereocenters. The van der Waals surface area contributed by atoms with E-state index in [1.54, 1.807) is 23.4 Å². The Morgan fingerprint density at radius 1 is 1.06 bits per heavy atom. The summed E-state index contributed by atoms with van der Waals surface area (Å²) in [6, 6.07) is 11.4. The molecule has 1 aromatic carbocycles. The molecule has 0 unspecified atom stereocenters. The van der Waals surface area contributed by atoms with Gasteiger partial charge in [-0.1, -0.05) is 12.1 Å². The number of esters is 1. The fraction of sp³-hybridized carbons (Fsp3) is 0.208. The summed E-state index contributed by atoms with van der Waals surface area (Å²) in [6.07, 6.45) is 1.69. The normalized spacial score (nSPS) is 10.8.